The van der Waals surface area contributed by atoms with Crippen molar-refractivity contribution in [3.8, 4) is 0 Å². The van der Waals surface area contributed by atoms with Crippen LogP contribution in [0.3, 0.4) is 0 Å². The Kier molecular flexibility index (Phi) is 5.02. The zero-order valence-electron chi connectivity index (χ0n) is 12.8. The van der Waals surface area contributed by atoms with Gasteiger partial charge < -0.3 is 5.32 Å². The molecule has 0 radical (unpaired) electrons. The molecule has 3 heteroatoms. The highest BCUT2D eigenvalue weighted by Crippen LogP contribution is 2.27. The number of nitrogens with one attached hydrogen (secondary N) is 1. The Labute approximate surface area is 122 Å². The Morgan fingerprint density at radius 1 is 1.26 bits per heavy atom. The SMILES string of the molecule is CCC1CCC(NCc2csc(C(C)(C)C)n2)CC1. The minimum absolute atomic E-state index is 0.183. The molecule has 0 spiro atoms. The molecule has 0 amide bonds. The van der Waals surface area contributed by atoms with E-state index in [9.17, 15) is 0 Å². The van der Waals surface area contributed by atoms with Gasteiger partial charge in [0.05, 0.1) is 10.7 Å². The summed E-state index contributed by atoms with van der Waals surface area (Å²) >= 11 is 1.80. The summed E-state index contributed by atoms with van der Waals surface area (Å²) < 4.78 is 0. The fourth-order valence-corrected chi connectivity index (χ4v) is 3.66. The van der Waals surface area contributed by atoms with Gasteiger partial charge in [0.1, 0.15) is 0 Å². The molecule has 2 nitrogen and oxygen atoms in total. The minimum Gasteiger partial charge on any atom is -0.308 e. The van der Waals surface area contributed by atoms with Gasteiger partial charge in [0.15, 0.2) is 0 Å². The van der Waals surface area contributed by atoms with Crippen LogP contribution in [-0.4, -0.2) is 11.0 Å². The summed E-state index contributed by atoms with van der Waals surface area (Å²) in [5.74, 6) is 0.977. The summed E-state index contributed by atoms with van der Waals surface area (Å²) in [6, 6.07) is 0.711. The van der Waals surface area contributed by atoms with Crippen molar-refractivity contribution in [2.45, 2.75) is 77.8 Å². The third-order valence-corrected chi connectivity index (χ3v) is 5.51. The van der Waals surface area contributed by atoms with Crippen molar-refractivity contribution in [3.05, 3.63) is 16.1 Å². The number of nitrogens with zero attached hydrogens (tertiary/aromatic N) is 1. The summed E-state index contributed by atoms with van der Waals surface area (Å²) in [7, 11) is 0. The van der Waals surface area contributed by atoms with Crippen molar-refractivity contribution >= 4 is 11.3 Å². The van der Waals surface area contributed by atoms with Crippen molar-refractivity contribution in [2.24, 2.45) is 5.92 Å². The quantitative estimate of drug-likeness (QED) is 0.878. The molecule has 2 rings (SSSR count). The highest BCUT2D eigenvalue weighted by Gasteiger charge is 2.21. The lowest BCUT2D eigenvalue weighted by atomic mass is 9.84. The van der Waals surface area contributed by atoms with Gasteiger partial charge in [-0.1, -0.05) is 34.1 Å². The van der Waals surface area contributed by atoms with Gasteiger partial charge in [-0.15, -0.1) is 11.3 Å². The molecule has 1 aliphatic rings. The Bertz CT molecular complexity index is 384. The van der Waals surface area contributed by atoms with Gasteiger partial charge in [-0.05, 0) is 31.6 Å². The molecule has 0 saturated heterocycles. The molecule has 108 valence electrons. The molecule has 0 unspecified atom stereocenters. The highest BCUT2D eigenvalue weighted by molar-refractivity contribution is 7.09. The van der Waals surface area contributed by atoms with Gasteiger partial charge in [-0.25, -0.2) is 4.98 Å². The third-order valence-electron chi connectivity index (χ3n) is 4.19. The van der Waals surface area contributed by atoms with Crippen LogP contribution in [0, 0.1) is 5.92 Å². The first-order chi connectivity index (χ1) is 8.99. The van der Waals surface area contributed by atoms with E-state index in [0.717, 1.165) is 12.5 Å². The normalized spacial score (nSPS) is 24.6. The largest absolute Gasteiger partial charge is 0.308 e. The van der Waals surface area contributed by atoms with Crippen LogP contribution in [0.15, 0.2) is 5.38 Å². The van der Waals surface area contributed by atoms with E-state index in [2.05, 4.69) is 38.4 Å². The van der Waals surface area contributed by atoms with E-state index in [1.54, 1.807) is 11.3 Å². The fourth-order valence-electron chi connectivity index (χ4n) is 2.76. The van der Waals surface area contributed by atoms with Crippen molar-refractivity contribution in [2.75, 3.05) is 0 Å². The number of hydrogen-bond donors (Lipinski definition) is 1. The van der Waals surface area contributed by atoms with E-state index in [1.807, 2.05) is 0 Å². The zero-order chi connectivity index (χ0) is 13.9. The van der Waals surface area contributed by atoms with Crippen LogP contribution < -0.4 is 5.32 Å². The van der Waals surface area contributed by atoms with Crippen molar-refractivity contribution < 1.29 is 0 Å². The average molecular weight is 280 g/mol. The topological polar surface area (TPSA) is 24.9 Å². The molecule has 19 heavy (non-hydrogen) atoms. The van der Waals surface area contributed by atoms with Crippen LogP contribution in [0.5, 0.6) is 0 Å². The molecule has 1 aromatic heterocycles. The highest BCUT2D eigenvalue weighted by atomic mass is 32.1. The monoisotopic (exact) mass is 280 g/mol. The first-order valence-corrected chi connectivity index (χ1v) is 8.55. The van der Waals surface area contributed by atoms with E-state index in [4.69, 9.17) is 4.98 Å². The first-order valence-electron chi connectivity index (χ1n) is 7.67. The van der Waals surface area contributed by atoms with Crippen molar-refractivity contribution in [1.29, 1.82) is 0 Å². The maximum atomic E-state index is 4.75. The third kappa shape index (κ3) is 4.28. The van der Waals surface area contributed by atoms with Gasteiger partial charge in [0.2, 0.25) is 0 Å². The molecule has 1 aromatic rings. The van der Waals surface area contributed by atoms with Crippen LogP contribution in [-0.2, 0) is 12.0 Å². The predicted molar refractivity (Wildman–Crippen MR) is 83.7 cm³/mol. The molecule has 1 saturated carbocycles. The number of hydrogen-bond acceptors (Lipinski definition) is 3. The minimum atomic E-state index is 0.183. The van der Waals surface area contributed by atoms with Gasteiger partial charge in [0.25, 0.3) is 0 Å². The standard InChI is InChI=1S/C16H28N2S/c1-5-12-6-8-13(9-7-12)17-10-14-11-19-15(18-14)16(2,3)4/h11-13,17H,5-10H2,1-4H3. The lowest BCUT2D eigenvalue weighted by Crippen LogP contribution is -2.32. The van der Waals surface area contributed by atoms with Crippen LogP contribution in [0.25, 0.3) is 0 Å². The van der Waals surface area contributed by atoms with Crippen LogP contribution in [0.2, 0.25) is 0 Å². The molecule has 1 N–H and O–H groups in total. The summed E-state index contributed by atoms with van der Waals surface area (Å²) in [6.07, 6.45) is 6.84. The van der Waals surface area contributed by atoms with Gasteiger partial charge in [0, 0.05) is 23.4 Å². The maximum Gasteiger partial charge on any atom is 0.0982 e. The summed E-state index contributed by atoms with van der Waals surface area (Å²) in [5, 5.41) is 7.15. The number of aromatic nitrogens is 1. The number of thiazole rings is 1. The van der Waals surface area contributed by atoms with Crippen molar-refractivity contribution in [1.82, 2.24) is 10.3 Å². The van der Waals surface area contributed by atoms with E-state index >= 15 is 0 Å². The summed E-state index contributed by atoms with van der Waals surface area (Å²) in [6.45, 7) is 9.95. The molecule has 1 aliphatic carbocycles. The van der Waals surface area contributed by atoms with Gasteiger partial charge >= 0.3 is 0 Å². The first kappa shape index (κ1) is 15.0. The molecular weight excluding hydrogens is 252 g/mol. The van der Waals surface area contributed by atoms with E-state index in [0.29, 0.717) is 6.04 Å². The average Bonchev–Trinajstić information content (AvgIpc) is 2.86. The molecule has 1 heterocycles. The predicted octanol–water partition coefficient (Wildman–Crippen LogP) is 4.50. The Balaban J connectivity index is 1.78. The van der Waals surface area contributed by atoms with E-state index < -0.39 is 0 Å². The van der Waals surface area contributed by atoms with Crippen LogP contribution in [0.4, 0.5) is 0 Å². The van der Waals surface area contributed by atoms with Crippen molar-refractivity contribution in [3.63, 3.8) is 0 Å². The van der Waals surface area contributed by atoms with E-state index in [-0.39, 0.29) is 5.41 Å². The molecule has 0 bridgehead atoms. The lowest BCUT2D eigenvalue weighted by Gasteiger charge is -2.28. The second-order valence-corrected chi connectivity index (χ2v) is 7.76. The second-order valence-electron chi connectivity index (χ2n) is 6.90. The summed E-state index contributed by atoms with van der Waals surface area (Å²) in [4.78, 5) is 4.75. The maximum absolute atomic E-state index is 4.75. The fraction of sp³-hybridized carbons (Fsp3) is 0.812. The summed E-state index contributed by atoms with van der Waals surface area (Å²) in [5.41, 5.74) is 1.40. The van der Waals surface area contributed by atoms with E-state index in [1.165, 1.54) is 42.8 Å². The van der Waals surface area contributed by atoms with Crippen LogP contribution >= 0.6 is 11.3 Å². The smallest absolute Gasteiger partial charge is 0.0982 e. The number of rotatable bonds is 4. The Hall–Kier alpha value is -0.410. The van der Waals surface area contributed by atoms with Gasteiger partial charge in [-0.2, -0.15) is 0 Å². The molecule has 0 aliphatic heterocycles. The second kappa shape index (κ2) is 6.36. The molecule has 0 aromatic carbocycles. The van der Waals surface area contributed by atoms with Gasteiger partial charge in [-0.3, -0.25) is 0 Å². The zero-order valence-corrected chi connectivity index (χ0v) is 13.6. The lowest BCUT2D eigenvalue weighted by molar-refractivity contribution is 0.284. The molecule has 0 atom stereocenters. The molecular formula is C16H28N2S. The Morgan fingerprint density at radius 2 is 1.95 bits per heavy atom. The molecule has 1 fully saturated rings. The Morgan fingerprint density at radius 3 is 2.47 bits per heavy atom. The van der Waals surface area contributed by atoms with Crippen LogP contribution in [0.1, 0.15) is 70.5 Å².